The zero-order valence-electron chi connectivity index (χ0n) is 13.2. The number of rotatable bonds is 7. The quantitative estimate of drug-likeness (QED) is 0.627. The predicted molar refractivity (Wildman–Crippen MR) is 82.3 cm³/mol. The molecule has 0 unspecified atom stereocenters. The van der Waals surface area contributed by atoms with Gasteiger partial charge in [-0.05, 0) is 37.6 Å². The summed E-state index contributed by atoms with van der Waals surface area (Å²) in [6, 6.07) is 0. The molecule has 4 N–H and O–H groups in total. The number of nitrogens with two attached hydrogens (primary N) is 1. The molecule has 1 amide bonds. The van der Waals surface area contributed by atoms with Gasteiger partial charge in [0.2, 0.25) is 5.91 Å². The number of amides is 1. The molecule has 0 radical (unpaired) electrons. The third kappa shape index (κ3) is 6.71. The van der Waals surface area contributed by atoms with Crippen LogP contribution in [0.2, 0.25) is 0 Å². The van der Waals surface area contributed by atoms with Crippen LogP contribution in [0.15, 0.2) is 0 Å². The van der Waals surface area contributed by atoms with Crippen molar-refractivity contribution in [3.63, 3.8) is 0 Å². The zero-order valence-corrected chi connectivity index (χ0v) is 13.2. The van der Waals surface area contributed by atoms with Gasteiger partial charge in [0, 0.05) is 13.0 Å². The standard InChI is InChI=1S/C16H32N2O2/c1-13(2)9-14(11-17)10-15(19)18-12-16(20)7-5-3-4-6-8-16/h13-14,20H,3-12,17H2,1-2H3,(H,18,19)/t14-/m0/s1. The average molecular weight is 284 g/mol. The van der Waals surface area contributed by atoms with Crippen molar-refractivity contribution in [1.29, 1.82) is 0 Å². The van der Waals surface area contributed by atoms with Crippen LogP contribution in [0.4, 0.5) is 0 Å². The lowest BCUT2D eigenvalue weighted by Crippen LogP contribution is -2.43. The van der Waals surface area contributed by atoms with E-state index in [2.05, 4.69) is 19.2 Å². The van der Waals surface area contributed by atoms with E-state index in [1.54, 1.807) is 0 Å². The molecule has 0 aromatic carbocycles. The van der Waals surface area contributed by atoms with Gasteiger partial charge in [0.05, 0.1) is 5.60 Å². The Hall–Kier alpha value is -0.610. The molecule has 0 aromatic heterocycles. The van der Waals surface area contributed by atoms with Crippen LogP contribution < -0.4 is 11.1 Å². The maximum atomic E-state index is 12.0. The van der Waals surface area contributed by atoms with E-state index in [1.165, 1.54) is 12.8 Å². The second-order valence-corrected chi connectivity index (χ2v) is 6.85. The maximum absolute atomic E-state index is 12.0. The smallest absolute Gasteiger partial charge is 0.220 e. The van der Waals surface area contributed by atoms with Gasteiger partial charge >= 0.3 is 0 Å². The van der Waals surface area contributed by atoms with Crippen molar-refractivity contribution in [1.82, 2.24) is 5.32 Å². The van der Waals surface area contributed by atoms with E-state index in [9.17, 15) is 9.90 Å². The molecule has 4 nitrogen and oxygen atoms in total. The van der Waals surface area contributed by atoms with Crippen LogP contribution >= 0.6 is 0 Å². The molecule has 20 heavy (non-hydrogen) atoms. The van der Waals surface area contributed by atoms with Gasteiger partial charge in [0.15, 0.2) is 0 Å². The summed E-state index contributed by atoms with van der Waals surface area (Å²) in [4.78, 5) is 12.0. The summed E-state index contributed by atoms with van der Waals surface area (Å²) >= 11 is 0. The highest BCUT2D eigenvalue weighted by atomic mass is 16.3. The fourth-order valence-corrected chi connectivity index (χ4v) is 3.09. The monoisotopic (exact) mass is 284 g/mol. The Morgan fingerprint density at radius 3 is 2.35 bits per heavy atom. The highest BCUT2D eigenvalue weighted by Crippen LogP contribution is 2.26. The van der Waals surface area contributed by atoms with Crippen molar-refractivity contribution in [3.8, 4) is 0 Å². The molecule has 0 bridgehead atoms. The molecule has 0 saturated heterocycles. The lowest BCUT2D eigenvalue weighted by atomic mass is 9.92. The number of carbonyl (C=O) groups is 1. The van der Waals surface area contributed by atoms with Gasteiger partial charge in [0.25, 0.3) is 0 Å². The van der Waals surface area contributed by atoms with E-state index < -0.39 is 5.60 Å². The van der Waals surface area contributed by atoms with Crippen LogP contribution in [0.3, 0.4) is 0 Å². The minimum absolute atomic E-state index is 0.0266. The van der Waals surface area contributed by atoms with Gasteiger partial charge in [-0.3, -0.25) is 4.79 Å². The second-order valence-electron chi connectivity index (χ2n) is 6.85. The Balaban J connectivity index is 2.34. The normalized spacial score (nSPS) is 20.4. The summed E-state index contributed by atoms with van der Waals surface area (Å²) in [5, 5.41) is 13.4. The molecule has 1 rings (SSSR count). The van der Waals surface area contributed by atoms with Crippen molar-refractivity contribution >= 4 is 5.91 Å². The van der Waals surface area contributed by atoms with Gasteiger partial charge in [-0.15, -0.1) is 0 Å². The lowest BCUT2D eigenvalue weighted by Gasteiger charge is -2.27. The van der Waals surface area contributed by atoms with E-state index in [0.717, 1.165) is 32.1 Å². The van der Waals surface area contributed by atoms with Crippen LogP contribution in [0.25, 0.3) is 0 Å². The molecular weight excluding hydrogens is 252 g/mol. The molecule has 1 fully saturated rings. The molecule has 1 aliphatic carbocycles. The molecule has 0 aliphatic heterocycles. The molecular formula is C16H32N2O2. The van der Waals surface area contributed by atoms with Crippen LogP contribution in [0.5, 0.6) is 0 Å². The fourth-order valence-electron chi connectivity index (χ4n) is 3.09. The molecule has 1 aliphatic rings. The molecule has 4 heteroatoms. The number of hydrogen-bond donors (Lipinski definition) is 3. The van der Waals surface area contributed by atoms with Crippen LogP contribution in [-0.2, 0) is 4.79 Å². The van der Waals surface area contributed by atoms with Crippen molar-refractivity contribution in [2.24, 2.45) is 17.6 Å². The van der Waals surface area contributed by atoms with E-state index in [1.807, 2.05) is 0 Å². The lowest BCUT2D eigenvalue weighted by molar-refractivity contribution is -0.123. The summed E-state index contributed by atoms with van der Waals surface area (Å²) in [6.45, 7) is 5.24. The van der Waals surface area contributed by atoms with Crippen molar-refractivity contribution in [2.45, 2.75) is 70.8 Å². The number of nitrogens with one attached hydrogen (secondary N) is 1. The maximum Gasteiger partial charge on any atom is 0.220 e. The second kappa shape index (κ2) is 8.63. The van der Waals surface area contributed by atoms with Crippen LogP contribution in [0.1, 0.15) is 65.2 Å². The first-order valence-corrected chi connectivity index (χ1v) is 8.14. The molecule has 0 heterocycles. The first-order valence-electron chi connectivity index (χ1n) is 8.14. The fraction of sp³-hybridized carbons (Fsp3) is 0.938. The van der Waals surface area contributed by atoms with E-state index in [4.69, 9.17) is 5.73 Å². The third-order valence-corrected chi connectivity index (χ3v) is 4.26. The van der Waals surface area contributed by atoms with Crippen molar-refractivity contribution in [3.05, 3.63) is 0 Å². The zero-order chi connectivity index (χ0) is 15.0. The van der Waals surface area contributed by atoms with Gasteiger partial charge in [0.1, 0.15) is 0 Å². The Morgan fingerprint density at radius 2 is 1.85 bits per heavy atom. The van der Waals surface area contributed by atoms with E-state index >= 15 is 0 Å². The van der Waals surface area contributed by atoms with Crippen LogP contribution in [-0.4, -0.2) is 29.7 Å². The van der Waals surface area contributed by atoms with Crippen molar-refractivity contribution < 1.29 is 9.90 Å². The summed E-state index contributed by atoms with van der Waals surface area (Å²) in [5.41, 5.74) is 5.03. The molecule has 0 spiro atoms. The predicted octanol–water partition coefficient (Wildman–Crippen LogP) is 2.20. The number of hydrogen-bond acceptors (Lipinski definition) is 3. The highest BCUT2D eigenvalue weighted by Gasteiger charge is 2.28. The molecule has 1 saturated carbocycles. The average Bonchev–Trinajstić information content (AvgIpc) is 2.60. The minimum Gasteiger partial charge on any atom is -0.388 e. The Morgan fingerprint density at radius 1 is 1.25 bits per heavy atom. The first-order chi connectivity index (χ1) is 9.45. The van der Waals surface area contributed by atoms with Gasteiger partial charge in [-0.2, -0.15) is 0 Å². The van der Waals surface area contributed by atoms with Crippen molar-refractivity contribution in [2.75, 3.05) is 13.1 Å². The number of aliphatic hydroxyl groups is 1. The van der Waals surface area contributed by atoms with E-state index in [-0.39, 0.29) is 11.8 Å². The first kappa shape index (κ1) is 17.4. The third-order valence-electron chi connectivity index (χ3n) is 4.26. The number of carbonyl (C=O) groups excluding carboxylic acids is 1. The minimum atomic E-state index is -0.692. The van der Waals surface area contributed by atoms with Gasteiger partial charge in [-0.25, -0.2) is 0 Å². The Bertz CT molecular complexity index is 284. The van der Waals surface area contributed by atoms with E-state index in [0.29, 0.717) is 25.4 Å². The Labute approximate surface area is 123 Å². The molecule has 0 aromatic rings. The van der Waals surface area contributed by atoms with Gasteiger partial charge < -0.3 is 16.2 Å². The summed E-state index contributed by atoms with van der Waals surface area (Å²) < 4.78 is 0. The molecule has 118 valence electrons. The largest absolute Gasteiger partial charge is 0.388 e. The Kier molecular flexibility index (Phi) is 7.52. The van der Waals surface area contributed by atoms with Crippen LogP contribution in [0, 0.1) is 11.8 Å². The summed E-state index contributed by atoms with van der Waals surface area (Å²) in [7, 11) is 0. The molecule has 1 atom stereocenters. The summed E-state index contributed by atoms with van der Waals surface area (Å²) in [6.07, 6.45) is 7.58. The highest BCUT2D eigenvalue weighted by molar-refractivity contribution is 5.76. The SMILES string of the molecule is CC(C)C[C@H](CN)CC(=O)NCC1(O)CCCCCC1. The topological polar surface area (TPSA) is 75.4 Å². The van der Waals surface area contributed by atoms with Gasteiger partial charge in [-0.1, -0.05) is 39.5 Å². The summed E-state index contributed by atoms with van der Waals surface area (Å²) in [5.74, 6) is 0.833.